The number of benzene rings is 1. The molecular formula is C14H18N2O3. The van der Waals surface area contributed by atoms with Gasteiger partial charge in [-0.05, 0) is 24.6 Å². The third-order valence-corrected chi connectivity index (χ3v) is 2.39. The van der Waals surface area contributed by atoms with Crippen LogP contribution >= 0.6 is 0 Å². The first-order chi connectivity index (χ1) is 9.06. The van der Waals surface area contributed by atoms with Crippen LogP contribution in [0.15, 0.2) is 30.9 Å². The van der Waals surface area contributed by atoms with Crippen molar-refractivity contribution >= 4 is 17.5 Å². The van der Waals surface area contributed by atoms with Gasteiger partial charge in [-0.1, -0.05) is 12.1 Å². The average Bonchev–Trinajstić information content (AvgIpc) is 2.36. The molecule has 0 spiro atoms. The number of nitrogens with one attached hydrogen (secondary N) is 2. The van der Waals surface area contributed by atoms with Crippen LogP contribution in [-0.2, 0) is 9.59 Å². The number of methoxy groups -OCH3 is 1. The van der Waals surface area contributed by atoms with Crippen LogP contribution in [0, 0.1) is 6.92 Å². The molecule has 0 aliphatic heterocycles. The fourth-order valence-electron chi connectivity index (χ4n) is 1.51. The van der Waals surface area contributed by atoms with E-state index in [2.05, 4.69) is 17.2 Å². The Morgan fingerprint density at radius 1 is 1.37 bits per heavy atom. The molecule has 1 rings (SSSR count). The Balaban J connectivity index is 2.63. The lowest BCUT2D eigenvalue weighted by molar-refractivity contribution is -0.126. The van der Waals surface area contributed by atoms with Gasteiger partial charge in [-0.15, -0.1) is 6.58 Å². The molecule has 0 aliphatic carbocycles. The number of rotatable bonds is 6. The van der Waals surface area contributed by atoms with Crippen molar-refractivity contribution in [3.63, 3.8) is 0 Å². The summed E-state index contributed by atoms with van der Waals surface area (Å²) in [5.41, 5.74) is 1.55. The van der Waals surface area contributed by atoms with Crippen LogP contribution in [0.5, 0.6) is 5.75 Å². The van der Waals surface area contributed by atoms with Gasteiger partial charge >= 0.3 is 0 Å². The molecule has 102 valence electrons. The summed E-state index contributed by atoms with van der Waals surface area (Å²) in [6, 6.07) is 5.44. The Morgan fingerprint density at radius 2 is 2.11 bits per heavy atom. The van der Waals surface area contributed by atoms with E-state index in [4.69, 9.17) is 4.74 Å². The highest BCUT2D eigenvalue weighted by Crippen LogP contribution is 2.25. The van der Waals surface area contributed by atoms with Crippen molar-refractivity contribution in [1.29, 1.82) is 0 Å². The summed E-state index contributed by atoms with van der Waals surface area (Å²) < 4.78 is 5.14. The van der Waals surface area contributed by atoms with Crippen LogP contribution in [0.2, 0.25) is 0 Å². The summed E-state index contributed by atoms with van der Waals surface area (Å²) in [4.78, 5) is 23.1. The van der Waals surface area contributed by atoms with Crippen molar-refractivity contribution in [2.45, 2.75) is 13.3 Å². The third-order valence-electron chi connectivity index (χ3n) is 2.39. The number of anilines is 1. The molecule has 0 atom stereocenters. The van der Waals surface area contributed by atoms with E-state index >= 15 is 0 Å². The number of amides is 2. The standard InChI is InChI=1S/C14H18N2O3/c1-4-7-15-13(17)9-14(18)16-11-8-10(2)5-6-12(11)19-3/h4-6,8H,1,7,9H2,2-3H3,(H,15,17)(H,16,18). The summed E-state index contributed by atoms with van der Waals surface area (Å²) >= 11 is 0. The van der Waals surface area contributed by atoms with E-state index in [1.165, 1.54) is 7.11 Å². The van der Waals surface area contributed by atoms with Crippen LogP contribution in [0.25, 0.3) is 0 Å². The van der Waals surface area contributed by atoms with E-state index in [1.807, 2.05) is 13.0 Å². The number of carbonyl (C=O) groups is 2. The van der Waals surface area contributed by atoms with E-state index in [1.54, 1.807) is 18.2 Å². The zero-order chi connectivity index (χ0) is 14.3. The zero-order valence-corrected chi connectivity index (χ0v) is 11.2. The molecule has 0 saturated carbocycles. The molecular weight excluding hydrogens is 244 g/mol. The smallest absolute Gasteiger partial charge is 0.233 e. The first-order valence-electron chi connectivity index (χ1n) is 5.89. The van der Waals surface area contributed by atoms with E-state index in [9.17, 15) is 9.59 Å². The van der Waals surface area contributed by atoms with Gasteiger partial charge in [0, 0.05) is 6.54 Å². The van der Waals surface area contributed by atoms with Gasteiger partial charge in [0.1, 0.15) is 12.2 Å². The van der Waals surface area contributed by atoms with Crippen molar-refractivity contribution in [1.82, 2.24) is 5.32 Å². The molecule has 0 fully saturated rings. The SMILES string of the molecule is C=CCNC(=O)CC(=O)Nc1cc(C)ccc1OC. The molecule has 1 aromatic carbocycles. The van der Waals surface area contributed by atoms with Crippen molar-refractivity contribution < 1.29 is 14.3 Å². The van der Waals surface area contributed by atoms with Gasteiger partial charge in [0.25, 0.3) is 0 Å². The van der Waals surface area contributed by atoms with Gasteiger partial charge in [0.05, 0.1) is 12.8 Å². The summed E-state index contributed by atoms with van der Waals surface area (Å²) in [7, 11) is 1.52. The summed E-state index contributed by atoms with van der Waals surface area (Å²) in [6.07, 6.45) is 1.32. The molecule has 0 aromatic heterocycles. The highest BCUT2D eigenvalue weighted by molar-refractivity contribution is 6.04. The minimum absolute atomic E-state index is 0.231. The van der Waals surface area contributed by atoms with E-state index in [-0.39, 0.29) is 18.2 Å². The molecule has 5 nitrogen and oxygen atoms in total. The maximum absolute atomic E-state index is 11.7. The lowest BCUT2D eigenvalue weighted by Gasteiger charge is -2.10. The molecule has 2 amide bonds. The predicted molar refractivity (Wildman–Crippen MR) is 74.2 cm³/mol. The molecule has 2 N–H and O–H groups in total. The quantitative estimate of drug-likeness (QED) is 0.605. The lowest BCUT2D eigenvalue weighted by atomic mass is 10.2. The second kappa shape index (κ2) is 7.20. The second-order valence-electron chi connectivity index (χ2n) is 4.02. The summed E-state index contributed by atoms with van der Waals surface area (Å²) in [5.74, 6) is -0.167. The van der Waals surface area contributed by atoms with E-state index in [0.717, 1.165) is 5.56 Å². The molecule has 1 aromatic rings. The van der Waals surface area contributed by atoms with Gasteiger partial charge in [0.15, 0.2) is 0 Å². The Kier molecular flexibility index (Phi) is 5.60. The Hall–Kier alpha value is -2.30. The zero-order valence-electron chi connectivity index (χ0n) is 11.2. The molecule has 0 aliphatic rings. The van der Waals surface area contributed by atoms with E-state index in [0.29, 0.717) is 18.0 Å². The minimum atomic E-state index is -0.384. The maximum Gasteiger partial charge on any atom is 0.233 e. The number of hydrogen-bond acceptors (Lipinski definition) is 3. The third kappa shape index (κ3) is 4.83. The van der Waals surface area contributed by atoms with Crippen molar-refractivity contribution in [3.05, 3.63) is 36.4 Å². The van der Waals surface area contributed by atoms with Crippen molar-refractivity contribution in [2.24, 2.45) is 0 Å². The monoisotopic (exact) mass is 262 g/mol. The maximum atomic E-state index is 11.7. The van der Waals surface area contributed by atoms with Gasteiger partial charge < -0.3 is 15.4 Å². The van der Waals surface area contributed by atoms with Crippen molar-refractivity contribution in [3.8, 4) is 5.75 Å². The largest absolute Gasteiger partial charge is 0.495 e. The van der Waals surface area contributed by atoms with Crippen LogP contribution < -0.4 is 15.4 Å². The average molecular weight is 262 g/mol. The fraction of sp³-hybridized carbons (Fsp3) is 0.286. The van der Waals surface area contributed by atoms with E-state index < -0.39 is 0 Å². The van der Waals surface area contributed by atoms with Gasteiger partial charge in [-0.3, -0.25) is 9.59 Å². The molecule has 0 unspecified atom stereocenters. The highest BCUT2D eigenvalue weighted by Gasteiger charge is 2.11. The number of carbonyl (C=O) groups excluding carboxylic acids is 2. The molecule has 0 heterocycles. The number of ether oxygens (including phenoxy) is 1. The number of aryl methyl sites for hydroxylation is 1. The first kappa shape index (κ1) is 14.8. The summed E-state index contributed by atoms with van der Waals surface area (Å²) in [6.45, 7) is 5.74. The summed E-state index contributed by atoms with van der Waals surface area (Å²) in [5, 5.41) is 5.20. The van der Waals surface area contributed by atoms with Crippen LogP contribution in [0.1, 0.15) is 12.0 Å². The predicted octanol–water partition coefficient (Wildman–Crippen LogP) is 1.63. The molecule has 0 saturated heterocycles. The molecule has 19 heavy (non-hydrogen) atoms. The van der Waals surface area contributed by atoms with Crippen molar-refractivity contribution in [2.75, 3.05) is 19.0 Å². The lowest BCUT2D eigenvalue weighted by Crippen LogP contribution is -2.28. The minimum Gasteiger partial charge on any atom is -0.495 e. The second-order valence-corrected chi connectivity index (χ2v) is 4.02. The van der Waals surface area contributed by atoms with Crippen LogP contribution in [0.4, 0.5) is 5.69 Å². The normalized spacial score (nSPS) is 9.58. The number of hydrogen-bond donors (Lipinski definition) is 2. The molecule has 0 radical (unpaired) electrons. The van der Waals surface area contributed by atoms with Crippen LogP contribution in [-0.4, -0.2) is 25.5 Å². The Labute approximate surface area is 112 Å². The molecule has 0 bridgehead atoms. The molecule has 5 heteroatoms. The Morgan fingerprint density at radius 3 is 2.74 bits per heavy atom. The first-order valence-corrected chi connectivity index (χ1v) is 5.89. The fourth-order valence-corrected chi connectivity index (χ4v) is 1.51. The topological polar surface area (TPSA) is 67.4 Å². The van der Waals surface area contributed by atoms with Gasteiger partial charge in [0.2, 0.25) is 11.8 Å². The van der Waals surface area contributed by atoms with Gasteiger partial charge in [-0.2, -0.15) is 0 Å². The Bertz CT molecular complexity index is 484. The highest BCUT2D eigenvalue weighted by atomic mass is 16.5. The van der Waals surface area contributed by atoms with Gasteiger partial charge in [-0.25, -0.2) is 0 Å². The van der Waals surface area contributed by atoms with Crippen LogP contribution in [0.3, 0.4) is 0 Å².